The van der Waals surface area contributed by atoms with Gasteiger partial charge in [0.1, 0.15) is 11.2 Å². The highest BCUT2D eigenvalue weighted by molar-refractivity contribution is 6.26. The quantitative estimate of drug-likeness (QED) is 0.181. The smallest absolute Gasteiger partial charge is 0.136 e. The van der Waals surface area contributed by atoms with Crippen molar-refractivity contribution in [1.29, 1.82) is 0 Å². The first kappa shape index (κ1) is 18.8. The van der Waals surface area contributed by atoms with Gasteiger partial charge in [0.15, 0.2) is 0 Å². The fourth-order valence-corrected chi connectivity index (χ4v) is 5.84. The topological polar surface area (TPSA) is 13.1 Å². The molecule has 0 radical (unpaired) electrons. The molecule has 0 aliphatic heterocycles. The Morgan fingerprint density at radius 2 is 1.06 bits per heavy atom. The van der Waals surface area contributed by atoms with Gasteiger partial charge in [-0.15, -0.1) is 0 Å². The van der Waals surface area contributed by atoms with E-state index in [1.807, 2.05) is 0 Å². The predicted molar refractivity (Wildman–Crippen MR) is 149 cm³/mol. The normalized spacial score (nSPS) is 12.0. The van der Waals surface area contributed by atoms with Crippen LogP contribution in [-0.4, -0.2) is 0 Å². The zero-order chi connectivity index (χ0) is 22.9. The number of hydrogen-bond acceptors (Lipinski definition) is 1. The Labute approximate surface area is 201 Å². The van der Waals surface area contributed by atoms with Crippen molar-refractivity contribution in [3.8, 4) is 11.1 Å². The molecule has 1 heterocycles. The summed E-state index contributed by atoms with van der Waals surface area (Å²) >= 11 is 0. The first-order valence-electron chi connectivity index (χ1n) is 12.0. The summed E-state index contributed by atoms with van der Waals surface area (Å²) in [5.74, 6) is 0. The molecule has 1 nitrogen and oxygen atoms in total. The third kappa shape index (κ3) is 2.64. The minimum Gasteiger partial charge on any atom is -0.456 e. The highest BCUT2D eigenvalue weighted by Gasteiger charge is 2.18. The molecule has 162 valence electrons. The summed E-state index contributed by atoms with van der Waals surface area (Å²) in [5, 5.41) is 12.4. The van der Waals surface area contributed by atoms with E-state index in [9.17, 15) is 0 Å². The molecular formula is C34H20O. The van der Waals surface area contributed by atoms with Gasteiger partial charge >= 0.3 is 0 Å². The minimum atomic E-state index is 0.925. The molecule has 0 N–H and O–H groups in total. The van der Waals surface area contributed by atoms with Gasteiger partial charge in [0.2, 0.25) is 0 Å². The molecule has 8 rings (SSSR count). The van der Waals surface area contributed by atoms with Crippen LogP contribution in [0.15, 0.2) is 126 Å². The third-order valence-corrected chi connectivity index (χ3v) is 7.39. The summed E-state index contributed by atoms with van der Waals surface area (Å²) in [4.78, 5) is 0. The van der Waals surface area contributed by atoms with Crippen LogP contribution in [0.1, 0.15) is 0 Å². The average molecular weight is 445 g/mol. The van der Waals surface area contributed by atoms with Crippen molar-refractivity contribution >= 4 is 65.0 Å². The van der Waals surface area contributed by atoms with Crippen molar-refractivity contribution in [1.82, 2.24) is 0 Å². The van der Waals surface area contributed by atoms with Crippen molar-refractivity contribution in [2.75, 3.05) is 0 Å². The van der Waals surface area contributed by atoms with Crippen LogP contribution in [0.4, 0.5) is 0 Å². The fourth-order valence-electron chi connectivity index (χ4n) is 5.84. The number of furan rings is 1. The van der Waals surface area contributed by atoms with Crippen molar-refractivity contribution in [2.45, 2.75) is 0 Å². The summed E-state index contributed by atoms with van der Waals surface area (Å²) < 4.78 is 6.43. The van der Waals surface area contributed by atoms with Gasteiger partial charge in [0.05, 0.1) is 0 Å². The maximum Gasteiger partial charge on any atom is 0.136 e. The van der Waals surface area contributed by atoms with Crippen LogP contribution in [0.3, 0.4) is 0 Å². The molecule has 0 bridgehead atoms. The maximum absolute atomic E-state index is 6.43. The molecule has 0 aliphatic carbocycles. The van der Waals surface area contributed by atoms with Crippen molar-refractivity contribution < 1.29 is 4.42 Å². The lowest BCUT2D eigenvalue weighted by molar-refractivity contribution is 0.669. The number of hydrogen-bond donors (Lipinski definition) is 0. The minimum absolute atomic E-state index is 0.925. The van der Waals surface area contributed by atoms with E-state index >= 15 is 0 Å². The van der Waals surface area contributed by atoms with Crippen molar-refractivity contribution in [2.24, 2.45) is 0 Å². The lowest BCUT2D eigenvalue weighted by atomic mass is 9.87. The molecule has 7 aromatic carbocycles. The first-order chi connectivity index (χ1) is 17.3. The lowest BCUT2D eigenvalue weighted by Gasteiger charge is -2.15. The monoisotopic (exact) mass is 444 g/mol. The Kier molecular flexibility index (Phi) is 3.72. The van der Waals surface area contributed by atoms with E-state index in [4.69, 9.17) is 4.42 Å². The molecule has 0 unspecified atom stereocenters. The molecule has 0 fully saturated rings. The Bertz CT molecular complexity index is 2110. The van der Waals surface area contributed by atoms with Crippen LogP contribution >= 0.6 is 0 Å². The second kappa shape index (κ2) is 6.94. The molecule has 0 saturated carbocycles. The van der Waals surface area contributed by atoms with Crippen LogP contribution in [0.2, 0.25) is 0 Å². The summed E-state index contributed by atoms with van der Waals surface area (Å²) in [7, 11) is 0. The second-order valence-corrected chi connectivity index (χ2v) is 9.33. The van der Waals surface area contributed by atoms with Gasteiger partial charge in [-0.1, -0.05) is 97.1 Å². The summed E-state index contributed by atoms with van der Waals surface area (Å²) in [6, 6.07) is 43.7. The number of fused-ring (bicyclic) bond motifs is 8. The first-order valence-corrected chi connectivity index (χ1v) is 12.0. The van der Waals surface area contributed by atoms with Gasteiger partial charge in [-0.3, -0.25) is 0 Å². The zero-order valence-corrected chi connectivity index (χ0v) is 19.0. The highest BCUT2D eigenvalue weighted by atomic mass is 16.3. The lowest BCUT2D eigenvalue weighted by Crippen LogP contribution is -1.88. The van der Waals surface area contributed by atoms with Gasteiger partial charge < -0.3 is 4.42 Å². The summed E-state index contributed by atoms with van der Waals surface area (Å²) in [6.45, 7) is 0. The van der Waals surface area contributed by atoms with E-state index in [0.717, 1.165) is 16.6 Å². The van der Waals surface area contributed by atoms with Crippen molar-refractivity contribution in [3.05, 3.63) is 121 Å². The van der Waals surface area contributed by atoms with E-state index in [1.54, 1.807) is 0 Å². The van der Waals surface area contributed by atoms with Gasteiger partial charge in [0.25, 0.3) is 0 Å². The van der Waals surface area contributed by atoms with Gasteiger partial charge in [0, 0.05) is 10.8 Å². The average Bonchev–Trinajstić information content (AvgIpc) is 3.28. The second-order valence-electron chi connectivity index (χ2n) is 9.33. The Balaban J connectivity index is 1.63. The van der Waals surface area contributed by atoms with Gasteiger partial charge in [-0.25, -0.2) is 0 Å². The standard InChI is InChI=1S/C34H20O/c1-2-10-23-20-31-29(19-22(23)9-1)33-28(14-7-15-30(33)35-31)34-27-13-6-4-11-24(27)18-25-17-16-21-8-3-5-12-26(21)32(25)34/h1-20H. The van der Waals surface area contributed by atoms with E-state index in [0.29, 0.717) is 0 Å². The molecule has 0 aliphatic rings. The Morgan fingerprint density at radius 3 is 1.91 bits per heavy atom. The van der Waals surface area contributed by atoms with E-state index in [1.165, 1.54) is 59.6 Å². The molecule has 0 saturated heterocycles. The van der Waals surface area contributed by atoms with E-state index in [2.05, 4.69) is 121 Å². The molecule has 0 amide bonds. The zero-order valence-electron chi connectivity index (χ0n) is 19.0. The fraction of sp³-hybridized carbons (Fsp3) is 0. The van der Waals surface area contributed by atoms with Gasteiger partial charge in [-0.05, 0) is 78.5 Å². The molecule has 1 heteroatoms. The third-order valence-electron chi connectivity index (χ3n) is 7.39. The Morgan fingerprint density at radius 1 is 0.371 bits per heavy atom. The highest BCUT2D eigenvalue weighted by Crippen LogP contribution is 2.45. The largest absolute Gasteiger partial charge is 0.456 e. The predicted octanol–water partition coefficient (Wildman–Crippen LogP) is 9.87. The van der Waals surface area contributed by atoms with E-state index < -0.39 is 0 Å². The van der Waals surface area contributed by atoms with Crippen molar-refractivity contribution in [3.63, 3.8) is 0 Å². The Hall–Kier alpha value is -4.62. The van der Waals surface area contributed by atoms with Crippen LogP contribution in [0, 0.1) is 0 Å². The molecule has 8 aromatic rings. The van der Waals surface area contributed by atoms with Gasteiger partial charge in [-0.2, -0.15) is 0 Å². The number of rotatable bonds is 1. The molecule has 35 heavy (non-hydrogen) atoms. The number of benzene rings is 7. The maximum atomic E-state index is 6.43. The molecule has 0 atom stereocenters. The molecule has 0 spiro atoms. The molecule has 1 aromatic heterocycles. The SMILES string of the molecule is c1ccc2cc3c(cc2c1)oc1cccc(-c2c4ccccc4cc4ccc5ccccc5c24)c13. The van der Waals surface area contributed by atoms with E-state index in [-0.39, 0.29) is 0 Å². The van der Waals surface area contributed by atoms with Crippen LogP contribution in [0.25, 0.3) is 76.2 Å². The molecular weight excluding hydrogens is 424 g/mol. The van der Waals surface area contributed by atoms with Crippen LogP contribution in [0.5, 0.6) is 0 Å². The summed E-state index contributed by atoms with van der Waals surface area (Å²) in [5.41, 5.74) is 4.35. The summed E-state index contributed by atoms with van der Waals surface area (Å²) in [6.07, 6.45) is 0. The van der Waals surface area contributed by atoms with Crippen LogP contribution < -0.4 is 0 Å². The van der Waals surface area contributed by atoms with Crippen LogP contribution in [-0.2, 0) is 0 Å².